The Bertz CT molecular complexity index is 2350. The molecule has 0 radical (unpaired) electrons. The number of carbonyl (C=O) groups is 2. The Labute approximate surface area is 352 Å². The summed E-state index contributed by atoms with van der Waals surface area (Å²) >= 11 is 0. The number of hydrogen-bond acceptors (Lipinski definition) is 6. The van der Waals surface area contributed by atoms with E-state index in [1.54, 1.807) is 36.4 Å². The zero-order chi connectivity index (χ0) is 42.0. The summed E-state index contributed by atoms with van der Waals surface area (Å²) in [5.74, 6) is -2.30. The van der Waals surface area contributed by atoms with Crippen molar-refractivity contribution in [2.24, 2.45) is 11.8 Å². The molecule has 0 unspecified atom stereocenters. The highest BCUT2D eigenvalue weighted by molar-refractivity contribution is 7.89. The van der Waals surface area contributed by atoms with Gasteiger partial charge in [0, 0.05) is 11.8 Å². The van der Waals surface area contributed by atoms with Gasteiger partial charge in [0.05, 0.1) is 34.0 Å². The van der Waals surface area contributed by atoms with E-state index in [-0.39, 0.29) is 21.6 Å². The van der Waals surface area contributed by atoms with E-state index in [0.29, 0.717) is 47.9 Å². The second-order valence-electron chi connectivity index (χ2n) is 14.9. The van der Waals surface area contributed by atoms with Gasteiger partial charge < -0.3 is 10.6 Å². The van der Waals surface area contributed by atoms with Crippen LogP contribution in [0.4, 0.5) is 0 Å². The molecule has 60 heavy (non-hydrogen) atoms. The first-order chi connectivity index (χ1) is 29.1. The summed E-state index contributed by atoms with van der Waals surface area (Å²) < 4.78 is 61.4. The molecule has 0 saturated heterocycles. The van der Waals surface area contributed by atoms with Crippen LogP contribution in [0.3, 0.4) is 0 Å². The topological polar surface area (TPSA) is 151 Å². The molecule has 6 aromatic carbocycles. The first-order valence-electron chi connectivity index (χ1n) is 20.1. The average Bonchev–Trinajstić information content (AvgIpc) is 3.30. The molecular formula is C48H48N4O6S2. The van der Waals surface area contributed by atoms with Gasteiger partial charge >= 0.3 is 0 Å². The third kappa shape index (κ3) is 10.3. The fourth-order valence-corrected chi connectivity index (χ4v) is 10.5. The summed E-state index contributed by atoms with van der Waals surface area (Å²) in [5.41, 5.74) is 2.63. The number of rotatable bonds is 16. The predicted octanol–water partition coefficient (Wildman–Crippen LogP) is 7.95. The quantitative estimate of drug-likeness (QED) is 0.0778. The van der Waals surface area contributed by atoms with E-state index < -0.39 is 56.0 Å². The van der Waals surface area contributed by atoms with E-state index in [1.165, 1.54) is 24.3 Å². The highest BCUT2D eigenvalue weighted by Crippen LogP contribution is 2.37. The summed E-state index contributed by atoms with van der Waals surface area (Å²) in [5, 5.41) is 6.41. The van der Waals surface area contributed by atoms with Gasteiger partial charge in [0.1, 0.15) is 0 Å². The Balaban J connectivity index is 1.21. The van der Waals surface area contributed by atoms with Crippen LogP contribution in [-0.2, 0) is 29.6 Å². The third-order valence-corrected chi connectivity index (χ3v) is 13.9. The molecule has 1 aliphatic carbocycles. The zero-order valence-corrected chi connectivity index (χ0v) is 34.5. The Morgan fingerprint density at radius 3 is 0.917 bits per heavy atom. The summed E-state index contributed by atoms with van der Waals surface area (Å²) in [6.45, 7) is 0. The number of carbonyl (C=O) groups excluding carboxylic acids is 2. The van der Waals surface area contributed by atoms with Gasteiger partial charge in [-0.3, -0.25) is 9.59 Å². The average molecular weight is 841 g/mol. The molecule has 0 spiro atoms. The maximum atomic E-state index is 14.8. The molecule has 6 aromatic rings. The maximum absolute atomic E-state index is 14.8. The molecule has 2 amide bonds. The van der Waals surface area contributed by atoms with Crippen molar-refractivity contribution in [1.29, 1.82) is 0 Å². The van der Waals surface area contributed by atoms with Crippen LogP contribution in [0.1, 0.15) is 72.1 Å². The Morgan fingerprint density at radius 2 is 0.633 bits per heavy atom. The maximum Gasteiger partial charge on any atom is 0.241 e. The van der Waals surface area contributed by atoms with Gasteiger partial charge in [0.15, 0.2) is 0 Å². The first kappa shape index (κ1) is 42.2. The van der Waals surface area contributed by atoms with E-state index in [4.69, 9.17) is 0 Å². The normalized spacial score (nSPS) is 17.7. The molecule has 12 heteroatoms. The second-order valence-corrected chi connectivity index (χ2v) is 18.4. The fourth-order valence-electron chi connectivity index (χ4n) is 7.97. The molecular weight excluding hydrogens is 793 g/mol. The fraction of sp³-hybridized carbons (Fsp3) is 0.208. The van der Waals surface area contributed by atoms with E-state index in [2.05, 4.69) is 20.1 Å². The van der Waals surface area contributed by atoms with Gasteiger partial charge in [-0.15, -0.1) is 0 Å². The molecule has 1 saturated carbocycles. The monoisotopic (exact) mass is 840 g/mol. The van der Waals surface area contributed by atoms with Gasteiger partial charge in [0.2, 0.25) is 31.9 Å². The van der Waals surface area contributed by atoms with Crippen LogP contribution in [0.25, 0.3) is 0 Å². The molecule has 4 N–H and O–H groups in total. The molecule has 1 fully saturated rings. The summed E-state index contributed by atoms with van der Waals surface area (Å²) in [6.07, 6.45) is 2.28. The first-order valence-corrected chi connectivity index (χ1v) is 23.0. The van der Waals surface area contributed by atoms with Gasteiger partial charge in [0.25, 0.3) is 0 Å². The number of sulfonamides is 2. The van der Waals surface area contributed by atoms with Crippen molar-refractivity contribution in [3.8, 4) is 0 Å². The minimum absolute atomic E-state index is 0.0842. The Kier molecular flexibility index (Phi) is 13.7. The molecule has 10 nitrogen and oxygen atoms in total. The number of benzene rings is 6. The minimum atomic E-state index is -4.06. The van der Waals surface area contributed by atoms with Gasteiger partial charge in [-0.1, -0.05) is 171 Å². The van der Waals surface area contributed by atoms with Gasteiger partial charge in [-0.25, -0.2) is 26.3 Å². The lowest BCUT2D eigenvalue weighted by molar-refractivity contribution is -0.137. The lowest BCUT2D eigenvalue weighted by Gasteiger charge is -2.36. The molecule has 1 aliphatic rings. The van der Waals surface area contributed by atoms with Crippen LogP contribution >= 0.6 is 0 Å². The highest BCUT2D eigenvalue weighted by Gasteiger charge is 2.41. The van der Waals surface area contributed by atoms with Crippen LogP contribution < -0.4 is 20.1 Å². The molecule has 0 bridgehead atoms. The summed E-state index contributed by atoms with van der Waals surface area (Å²) in [6, 6.07) is 49.2. The van der Waals surface area contributed by atoms with Crippen molar-refractivity contribution in [1.82, 2.24) is 20.1 Å². The van der Waals surface area contributed by atoms with Gasteiger partial charge in [-0.2, -0.15) is 0 Å². The van der Waals surface area contributed by atoms with Crippen molar-refractivity contribution >= 4 is 31.9 Å². The van der Waals surface area contributed by atoms with Crippen LogP contribution in [0.5, 0.6) is 0 Å². The van der Waals surface area contributed by atoms with Crippen LogP contribution in [0.15, 0.2) is 192 Å². The van der Waals surface area contributed by atoms with Crippen molar-refractivity contribution in [3.05, 3.63) is 204 Å². The van der Waals surface area contributed by atoms with Gasteiger partial charge in [-0.05, 0) is 59.4 Å². The Hall–Kier alpha value is -5.92. The number of hydrogen-bond donors (Lipinski definition) is 4. The largest absolute Gasteiger partial charge is 0.347 e. The highest BCUT2D eigenvalue weighted by atomic mass is 32.2. The van der Waals surface area contributed by atoms with E-state index in [1.807, 2.05) is 121 Å². The van der Waals surface area contributed by atoms with E-state index in [0.717, 1.165) is 0 Å². The smallest absolute Gasteiger partial charge is 0.241 e. The molecule has 7 rings (SSSR count). The van der Waals surface area contributed by atoms with Crippen molar-refractivity contribution in [3.63, 3.8) is 0 Å². The Morgan fingerprint density at radius 1 is 0.383 bits per heavy atom. The van der Waals surface area contributed by atoms with E-state index in [9.17, 15) is 26.4 Å². The van der Waals surface area contributed by atoms with Crippen molar-refractivity contribution in [2.75, 3.05) is 0 Å². The predicted molar refractivity (Wildman–Crippen MR) is 232 cm³/mol. The lowest BCUT2D eigenvalue weighted by Crippen LogP contribution is -2.49. The summed E-state index contributed by atoms with van der Waals surface area (Å²) in [4.78, 5) is 29.7. The van der Waals surface area contributed by atoms with Crippen LogP contribution in [0, 0.1) is 11.8 Å². The van der Waals surface area contributed by atoms with Crippen molar-refractivity contribution < 1.29 is 26.4 Å². The zero-order valence-electron chi connectivity index (χ0n) is 32.9. The SMILES string of the molecule is O=C(N[C@H](c1ccccc1)[C@H](NS(=O)(=O)c1ccccc1)c1ccccc1)[C@H]1CCCC[C@@H]1C(=O)N[C@H](c1ccccc1)[C@H](NS(=O)(=O)c1ccccc1)c1ccccc1. The van der Waals surface area contributed by atoms with Crippen LogP contribution in [0.2, 0.25) is 0 Å². The number of nitrogens with one attached hydrogen (secondary N) is 4. The molecule has 0 aromatic heterocycles. The molecule has 0 heterocycles. The standard InChI is InChI=1S/C48H48N4O6S2/c53-47(49-43(35-21-7-1-8-22-35)45(37-25-11-3-12-26-37)51-59(55,56)39-29-15-5-16-30-39)41-33-19-20-34-42(41)48(54)50-44(36-23-9-2-10-24-36)46(38-27-13-4-14-28-38)52-60(57,58)40-31-17-6-18-32-40/h1-18,21-32,41-46,51-52H,19-20,33-34H2,(H,49,53)(H,50,54)/t41-,42-,43+,44+,45+,46+/m0/s1. The second kappa shape index (κ2) is 19.4. The third-order valence-electron chi connectivity index (χ3n) is 11.0. The van der Waals surface area contributed by atoms with Crippen LogP contribution in [-0.4, -0.2) is 28.6 Å². The molecule has 308 valence electrons. The summed E-state index contributed by atoms with van der Waals surface area (Å²) in [7, 11) is -8.12. The minimum Gasteiger partial charge on any atom is -0.347 e. The molecule has 6 atom stereocenters. The molecule has 0 aliphatic heterocycles. The number of amides is 2. The lowest BCUT2D eigenvalue weighted by atomic mass is 9.77. The van der Waals surface area contributed by atoms with E-state index >= 15 is 0 Å². The van der Waals surface area contributed by atoms with Crippen molar-refractivity contribution in [2.45, 2.75) is 59.6 Å².